The second kappa shape index (κ2) is 5.79. The van der Waals surface area contributed by atoms with Crippen molar-refractivity contribution in [3.8, 4) is 17.6 Å². The van der Waals surface area contributed by atoms with E-state index in [4.69, 9.17) is 10.00 Å². The molecule has 7 heteroatoms. The average molecular weight is 286 g/mol. The summed E-state index contributed by atoms with van der Waals surface area (Å²) in [7, 11) is 0. The van der Waals surface area contributed by atoms with Crippen molar-refractivity contribution in [2.45, 2.75) is 0 Å². The van der Waals surface area contributed by atoms with Gasteiger partial charge in [0.15, 0.2) is 0 Å². The zero-order chi connectivity index (χ0) is 15.4. The highest BCUT2D eigenvalue weighted by molar-refractivity contribution is 5.77. The third-order valence-corrected chi connectivity index (χ3v) is 2.60. The van der Waals surface area contributed by atoms with Crippen molar-refractivity contribution in [2.75, 3.05) is 0 Å². The fraction of sp³-hybridized carbons (Fsp3) is 0. The van der Waals surface area contributed by atoms with Crippen molar-refractivity contribution in [3.05, 3.63) is 63.5 Å². The van der Waals surface area contributed by atoms with Crippen LogP contribution in [0.25, 0.3) is 0 Å². The van der Waals surface area contributed by atoms with Crippen LogP contribution in [0.3, 0.4) is 0 Å². The lowest BCUT2D eigenvalue weighted by Crippen LogP contribution is -1.95. The molecule has 0 saturated heterocycles. The van der Waals surface area contributed by atoms with Gasteiger partial charge in [-0.3, -0.25) is 14.9 Å². The van der Waals surface area contributed by atoms with Crippen molar-refractivity contribution in [2.24, 2.45) is 0 Å². The van der Waals surface area contributed by atoms with Crippen LogP contribution in [0.4, 0.5) is 10.1 Å². The molecule has 0 fully saturated rings. The Labute approximate surface area is 118 Å². The van der Waals surface area contributed by atoms with E-state index in [-0.39, 0.29) is 22.6 Å². The number of nitriles is 1. The molecule has 0 unspecified atom stereocenters. The summed E-state index contributed by atoms with van der Waals surface area (Å²) in [6.07, 6.45) is 0.470. The van der Waals surface area contributed by atoms with E-state index in [9.17, 15) is 19.3 Å². The fourth-order valence-electron chi connectivity index (χ4n) is 1.61. The molecular weight excluding hydrogens is 279 g/mol. The lowest BCUT2D eigenvalue weighted by Gasteiger charge is -2.07. The fourth-order valence-corrected chi connectivity index (χ4v) is 1.61. The van der Waals surface area contributed by atoms with E-state index in [2.05, 4.69) is 0 Å². The number of benzene rings is 2. The van der Waals surface area contributed by atoms with Gasteiger partial charge in [-0.05, 0) is 24.3 Å². The molecule has 21 heavy (non-hydrogen) atoms. The number of rotatable bonds is 4. The Kier molecular flexibility index (Phi) is 3.90. The molecule has 0 aromatic heterocycles. The maximum absolute atomic E-state index is 13.4. The SMILES string of the molecule is N#Cc1ccc(Oc2ccc(C=O)cc2[N+](=O)[O-])cc1F. The van der Waals surface area contributed by atoms with E-state index < -0.39 is 16.4 Å². The molecule has 0 saturated carbocycles. The van der Waals surface area contributed by atoms with E-state index in [0.29, 0.717) is 6.29 Å². The first kappa shape index (κ1) is 14.1. The Morgan fingerprint density at radius 1 is 1.29 bits per heavy atom. The van der Waals surface area contributed by atoms with Gasteiger partial charge >= 0.3 is 5.69 Å². The summed E-state index contributed by atoms with van der Waals surface area (Å²) in [6, 6.07) is 8.78. The predicted molar refractivity (Wildman–Crippen MR) is 69.7 cm³/mol. The second-order valence-electron chi connectivity index (χ2n) is 3.96. The second-order valence-corrected chi connectivity index (χ2v) is 3.96. The van der Waals surface area contributed by atoms with Gasteiger partial charge in [-0.2, -0.15) is 5.26 Å². The molecule has 6 nitrogen and oxygen atoms in total. The minimum absolute atomic E-state index is 0.00783. The summed E-state index contributed by atoms with van der Waals surface area (Å²) in [5.41, 5.74) is -0.447. The van der Waals surface area contributed by atoms with Crippen LogP contribution in [0.5, 0.6) is 11.5 Å². The van der Waals surface area contributed by atoms with Crippen LogP contribution in [-0.2, 0) is 0 Å². The molecule has 2 aromatic carbocycles. The molecule has 0 radical (unpaired) electrons. The van der Waals surface area contributed by atoms with Crippen LogP contribution >= 0.6 is 0 Å². The van der Waals surface area contributed by atoms with Gasteiger partial charge in [-0.15, -0.1) is 0 Å². The summed E-state index contributed by atoms with van der Waals surface area (Å²) >= 11 is 0. The van der Waals surface area contributed by atoms with Crippen molar-refractivity contribution in [1.29, 1.82) is 5.26 Å². The quantitative estimate of drug-likeness (QED) is 0.488. The highest BCUT2D eigenvalue weighted by atomic mass is 19.1. The van der Waals surface area contributed by atoms with Gasteiger partial charge in [0, 0.05) is 17.7 Å². The number of hydrogen-bond donors (Lipinski definition) is 0. The highest BCUT2D eigenvalue weighted by Crippen LogP contribution is 2.32. The largest absolute Gasteiger partial charge is 0.450 e. The molecule has 104 valence electrons. The number of halogens is 1. The molecule has 0 aliphatic rings. The minimum Gasteiger partial charge on any atom is -0.450 e. The van der Waals surface area contributed by atoms with Crippen molar-refractivity contribution < 1.29 is 18.8 Å². The Morgan fingerprint density at radius 3 is 2.62 bits per heavy atom. The van der Waals surface area contributed by atoms with Crippen molar-refractivity contribution >= 4 is 12.0 Å². The van der Waals surface area contributed by atoms with Gasteiger partial charge in [0.25, 0.3) is 0 Å². The number of aldehydes is 1. The first-order valence-corrected chi connectivity index (χ1v) is 5.66. The Bertz CT molecular complexity index is 768. The third kappa shape index (κ3) is 3.01. The van der Waals surface area contributed by atoms with E-state index in [0.717, 1.165) is 12.1 Å². The number of nitro benzene ring substituents is 1. The number of carbonyl (C=O) groups excluding carboxylic acids is 1. The number of nitrogens with zero attached hydrogens (tertiary/aromatic N) is 2. The molecule has 0 amide bonds. The minimum atomic E-state index is -0.790. The van der Waals surface area contributed by atoms with Crippen LogP contribution in [0.15, 0.2) is 36.4 Å². The van der Waals surface area contributed by atoms with Crippen LogP contribution < -0.4 is 4.74 Å². The first-order chi connectivity index (χ1) is 10.0. The molecule has 0 aliphatic heterocycles. The molecular formula is C14H7FN2O4. The van der Waals surface area contributed by atoms with Crippen LogP contribution in [0, 0.1) is 27.3 Å². The maximum Gasteiger partial charge on any atom is 0.312 e. The van der Waals surface area contributed by atoms with E-state index >= 15 is 0 Å². The number of nitro groups is 1. The first-order valence-electron chi connectivity index (χ1n) is 5.66. The molecule has 2 aromatic rings. The summed E-state index contributed by atoms with van der Waals surface area (Å²) in [5.74, 6) is -0.912. The van der Waals surface area contributed by atoms with Crippen LogP contribution in [-0.4, -0.2) is 11.2 Å². The summed E-state index contributed by atoms with van der Waals surface area (Å²) in [6.45, 7) is 0. The Morgan fingerprint density at radius 2 is 2.05 bits per heavy atom. The van der Waals surface area contributed by atoms with Crippen LogP contribution in [0.2, 0.25) is 0 Å². The lowest BCUT2D eigenvalue weighted by atomic mass is 10.2. The number of hydrogen-bond acceptors (Lipinski definition) is 5. The van der Waals surface area contributed by atoms with Gasteiger partial charge in [-0.1, -0.05) is 0 Å². The molecule has 0 N–H and O–H groups in total. The monoisotopic (exact) mass is 286 g/mol. The predicted octanol–water partition coefficient (Wildman–Crippen LogP) is 3.21. The lowest BCUT2D eigenvalue weighted by molar-refractivity contribution is -0.385. The van der Waals surface area contributed by atoms with Crippen molar-refractivity contribution in [1.82, 2.24) is 0 Å². The molecule has 2 rings (SSSR count). The average Bonchev–Trinajstić information content (AvgIpc) is 2.47. The maximum atomic E-state index is 13.4. The normalized spacial score (nSPS) is 9.71. The smallest absolute Gasteiger partial charge is 0.312 e. The van der Waals surface area contributed by atoms with Crippen LogP contribution in [0.1, 0.15) is 15.9 Å². The van der Waals surface area contributed by atoms with Gasteiger partial charge in [0.05, 0.1) is 10.5 Å². The standard InChI is InChI=1S/C14H7FN2O4/c15-12-6-11(3-2-10(12)7-16)21-14-4-1-9(8-18)5-13(14)17(19)20/h1-6,8H. The topological polar surface area (TPSA) is 93.2 Å². The van der Waals surface area contributed by atoms with E-state index in [1.807, 2.05) is 0 Å². The summed E-state index contributed by atoms with van der Waals surface area (Å²) < 4.78 is 18.7. The van der Waals surface area contributed by atoms with Gasteiger partial charge in [0.1, 0.15) is 23.9 Å². The molecule has 0 atom stereocenters. The van der Waals surface area contributed by atoms with Crippen molar-refractivity contribution in [3.63, 3.8) is 0 Å². The van der Waals surface area contributed by atoms with Gasteiger partial charge in [-0.25, -0.2) is 4.39 Å². The zero-order valence-corrected chi connectivity index (χ0v) is 10.4. The summed E-state index contributed by atoms with van der Waals surface area (Å²) in [4.78, 5) is 20.9. The highest BCUT2D eigenvalue weighted by Gasteiger charge is 2.17. The van der Waals surface area contributed by atoms with E-state index in [1.54, 1.807) is 6.07 Å². The third-order valence-electron chi connectivity index (χ3n) is 2.60. The van der Waals surface area contributed by atoms with Gasteiger partial charge < -0.3 is 4.74 Å². The molecule has 0 heterocycles. The number of carbonyl (C=O) groups is 1. The Balaban J connectivity index is 2.39. The Hall–Kier alpha value is -3.27. The van der Waals surface area contributed by atoms with E-state index in [1.165, 1.54) is 24.3 Å². The summed E-state index contributed by atoms with van der Waals surface area (Å²) in [5, 5.41) is 19.6. The molecule has 0 bridgehead atoms. The molecule has 0 spiro atoms. The zero-order valence-electron chi connectivity index (χ0n) is 10.4. The van der Waals surface area contributed by atoms with Gasteiger partial charge in [0.2, 0.25) is 5.75 Å². The molecule has 0 aliphatic carbocycles. The number of ether oxygens (including phenoxy) is 1.